The monoisotopic (exact) mass is 425 g/mol. The number of para-hydroxylation sites is 1. The fraction of sp³-hybridized carbons (Fsp3) is 0.476. The molecule has 1 aromatic heterocycles. The molecule has 1 saturated heterocycles. The van der Waals surface area contributed by atoms with E-state index in [1.165, 1.54) is 6.07 Å². The third kappa shape index (κ3) is 6.07. The van der Waals surface area contributed by atoms with E-state index < -0.39 is 17.8 Å². The summed E-state index contributed by atoms with van der Waals surface area (Å²) in [5.41, 5.74) is 0.172. The average molecular weight is 425 g/mol. The van der Waals surface area contributed by atoms with Crippen LogP contribution in [-0.4, -0.2) is 67.5 Å². The van der Waals surface area contributed by atoms with Crippen LogP contribution < -0.4 is 9.64 Å². The molecule has 0 aliphatic carbocycles. The van der Waals surface area contributed by atoms with E-state index in [1.807, 2.05) is 29.2 Å². The summed E-state index contributed by atoms with van der Waals surface area (Å²) in [5.74, 6) is 1.28. The number of β-amino-alcohol motifs (C(OH)–C–C–N with tert-alkyl or cyclic N) is 1. The number of piperazine rings is 1. The highest BCUT2D eigenvalue weighted by Gasteiger charge is 2.31. The Kier molecular flexibility index (Phi) is 7.52. The first-order valence-electron chi connectivity index (χ1n) is 9.75. The lowest BCUT2D eigenvalue weighted by atomic mass is 10.2. The van der Waals surface area contributed by atoms with E-state index in [-0.39, 0.29) is 6.61 Å². The molecule has 1 aliphatic rings. The minimum absolute atomic E-state index is 0.207. The maximum atomic E-state index is 12.7. The van der Waals surface area contributed by atoms with Gasteiger partial charge in [0.1, 0.15) is 11.6 Å². The van der Waals surface area contributed by atoms with Gasteiger partial charge in [-0.15, -0.1) is 0 Å². The summed E-state index contributed by atoms with van der Waals surface area (Å²) in [4.78, 5) is 8.00. The van der Waals surface area contributed by atoms with E-state index >= 15 is 0 Å². The molecular weight excluding hydrogens is 399 g/mol. The lowest BCUT2D eigenvalue weighted by molar-refractivity contribution is -0.137. The largest absolute Gasteiger partial charge is 0.496 e. The maximum Gasteiger partial charge on any atom is 0.417 e. The van der Waals surface area contributed by atoms with Crippen LogP contribution in [0, 0.1) is 0 Å². The van der Waals surface area contributed by atoms with Crippen LogP contribution in [0.5, 0.6) is 5.75 Å². The molecule has 0 bridgehead atoms. The molecule has 1 unspecified atom stereocenters. The van der Waals surface area contributed by atoms with Crippen LogP contribution in [-0.2, 0) is 17.5 Å². The predicted molar refractivity (Wildman–Crippen MR) is 107 cm³/mol. The SMILES string of the molecule is COc1ccccc1COCC(O)CN1CCN(c2ccc(C(F)(F)F)cn2)CC1. The van der Waals surface area contributed by atoms with Gasteiger partial charge < -0.3 is 19.5 Å². The van der Waals surface area contributed by atoms with E-state index in [0.717, 1.165) is 23.6 Å². The number of aliphatic hydroxyl groups excluding tert-OH is 1. The van der Waals surface area contributed by atoms with Crippen molar-refractivity contribution in [1.82, 2.24) is 9.88 Å². The van der Waals surface area contributed by atoms with E-state index in [0.29, 0.717) is 45.1 Å². The van der Waals surface area contributed by atoms with Gasteiger partial charge in [0.15, 0.2) is 0 Å². The van der Waals surface area contributed by atoms with Gasteiger partial charge in [0.2, 0.25) is 0 Å². The number of hydrogen-bond acceptors (Lipinski definition) is 6. The highest BCUT2D eigenvalue weighted by atomic mass is 19.4. The Balaban J connectivity index is 1.40. The third-order valence-corrected chi connectivity index (χ3v) is 5.00. The lowest BCUT2D eigenvalue weighted by Gasteiger charge is -2.36. The molecule has 0 radical (unpaired) electrons. The maximum absolute atomic E-state index is 12.7. The van der Waals surface area contributed by atoms with Crippen LogP contribution in [0.25, 0.3) is 0 Å². The summed E-state index contributed by atoms with van der Waals surface area (Å²) in [5, 5.41) is 10.3. The predicted octanol–water partition coefficient (Wildman–Crippen LogP) is 2.81. The molecule has 0 spiro atoms. The van der Waals surface area contributed by atoms with Crippen molar-refractivity contribution in [2.75, 3.05) is 51.3 Å². The molecule has 30 heavy (non-hydrogen) atoms. The molecule has 6 nitrogen and oxygen atoms in total. The van der Waals surface area contributed by atoms with Crippen molar-refractivity contribution >= 4 is 5.82 Å². The molecule has 3 rings (SSSR count). The summed E-state index contributed by atoms with van der Waals surface area (Å²) >= 11 is 0. The number of rotatable bonds is 8. The number of aromatic nitrogens is 1. The fourth-order valence-electron chi connectivity index (χ4n) is 3.38. The van der Waals surface area contributed by atoms with Gasteiger partial charge >= 0.3 is 6.18 Å². The molecule has 164 valence electrons. The Bertz CT molecular complexity index is 794. The highest BCUT2D eigenvalue weighted by Crippen LogP contribution is 2.29. The van der Waals surface area contributed by atoms with Crippen molar-refractivity contribution in [3.63, 3.8) is 0 Å². The number of anilines is 1. The van der Waals surface area contributed by atoms with Crippen molar-refractivity contribution in [3.8, 4) is 5.75 Å². The average Bonchev–Trinajstić information content (AvgIpc) is 2.74. The highest BCUT2D eigenvalue weighted by molar-refractivity contribution is 5.40. The van der Waals surface area contributed by atoms with Gasteiger partial charge in [-0.05, 0) is 18.2 Å². The number of nitrogens with zero attached hydrogens (tertiary/aromatic N) is 3. The zero-order chi connectivity index (χ0) is 21.6. The van der Waals surface area contributed by atoms with Crippen LogP contribution in [0.2, 0.25) is 0 Å². The molecule has 2 aromatic rings. The van der Waals surface area contributed by atoms with Crippen molar-refractivity contribution in [1.29, 1.82) is 0 Å². The minimum Gasteiger partial charge on any atom is -0.496 e. The smallest absolute Gasteiger partial charge is 0.417 e. The van der Waals surface area contributed by atoms with Crippen LogP contribution >= 0.6 is 0 Å². The van der Waals surface area contributed by atoms with Gasteiger partial charge in [-0.3, -0.25) is 4.90 Å². The number of aliphatic hydroxyl groups is 1. The molecule has 0 amide bonds. The van der Waals surface area contributed by atoms with E-state index in [9.17, 15) is 18.3 Å². The van der Waals surface area contributed by atoms with Gasteiger partial charge in [-0.2, -0.15) is 13.2 Å². The number of hydrogen-bond donors (Lipinski definition) is 1. The minimum atomic E-state index is -4.38. The van der Waals surface area contributed by atoms with Gasteiger partial charge in [0, 0.05) is 44.5 Å². The Morgan fingerprint density at radius 2 is 1.83 bits per heavy atom. The van der Waals surface area contributed by atoms with Crippen molar-refractivity contribution in [3.05, 3.63) is 53.7 Å². The van der Waals surface area contributed by atoms with Crippen LogP contribution in [0.3, 0.4) is 0 Å². The fourth-order valence-corrected chi connectivity index (χ4v) is 3.38. The Morgan fingerprint density at radius 1 is 1.10 bits per heavy atom. The molecule has 1 aliphatic heterocycles. The van der Waals surface area contributed by atoms with Crippen LogP contribution in [0.4, 0.5) is 19.0 Å². The zero-order valence-electron chi connectivity index (χ0n) is 16.8. The standard InChI is InChI=1S/C21H26F3N3O3/c1-29-19-5-3-2-4-16(19)14-30-15-18(28)13-26-8-10-27(11-9-26)20-7-6-17(12-25-20)21(22,23)24/h2-7,12,18,28H,8-11,13-15H2,1H3. The number of methoxy groups -OCH3 is 1. The van der Waals surface area contributed by atoms with E-state index in [4.69, 9.17) is 9.47 Å². The first-order chi connectivity index (χ1) is 14.4. The summed E-state index contributed by atoms with van der Waals surface area (Å²) in [6.45, 7) is 3.67. The Labute approximate surface area is 173 Å². The molecule has 1 atom stereocenters. The molecule has 1 fully saturated rings. The zero-order valence-corrected chi connectivity index (χ0v) is 16.8. The number of alkyl halides is 3. The molecular formula is C21H26F3N3O3. The van der Waals surface area contributed by atoms with E-state index in [2.05, 4.69) is 9.88 Å². The van der Waals surface area contributed by atoms with Gasteiger partial charge in [-0.25, -0.2) is 4.98 Å². The first kappa shape index (κ1) is 22.3. The number of halogens is 3. The van der Waals surface area contributed by atoms with E-state index in [1.54, 1.807) is 7.11 Å². The summed E-state index contributed by atoms with van der Waals surface area (Å²) in [6.07, 6.45) is -4.14. The Morgan fingerprint density at radius 3 is 2.47 bits per heavy atom. The Hall–Kier alpha value is -2.36. The molecule has 2 heterocycles. The van der Waals surface area contributed by atoms with Crippen LogP contribution in [0.1, 0.15) is 11.1 Å². The topological polar surface area (TPSA) is 58.1 Å². The summed E-state index contributed by atoms with van der Waals surface area (Å²) in [7, 11) is 1.60. The molecule has 9 heteroatoms. The molecule has 1 aromatic carbocycles. The van der Waals surface area contributed by atoms with Crippen molar-refractivity contribution < 1.29 is 27.8 Å². The van der Waals surface area contributed by atoms with Gasteiger partial charge in [0.25, 0.3) is 0 Å². The van der Waals surface area contributed by atoms with Gasteiger partial charge in [-0.1, -0.05) is 18.2 Å². The quantitative estimate of drug-likeness (QED) is 0.702. The van der Waals surface area contributed by atoms with Crippen LogP contribution in [0.15, 0.2) is 42.6 Å². The number of ether oxygens (including phenoxy) is 2. The lowest BCUT2D eigenvalue weighted by Crippen LogP contribution is -2.49. The summed E-state index contributed by atoms with van der Waals surface area (Å²) < 4.78 is 48.9. The second-order valence-corrected chi connectivity index (χ2v) is 7.17. The second kappa shape index (κ2) is 10.1. The normalized spacial score (nSPS) is 16.5. The van der Waals surface area contributed by atoms with Gasteiger partial charge in [0.05, 0.1) is 32.0 Å². The van der Waals surface area contributed by atoms with Crippen molar-refractivity contribution in [2.24, 2.45) is 0 Å². The number of benzene rings is 1. The molecule has 0 saturated carbocycles. The summed E-state index contributed by atoms with van der Waals surface area (Å²) in [6, 6.07) is 10.0. The molecule has 1 N–H and O–H groups in total. The number of pyridine rings is 1. The third-order valence-electron chi connectivity index (χ3n) is 5.00. The first-order valence-corrected chi connectivity index (χ1v) is 9.75. The second-order valence-electron chi connectivity index (χ2n) is 7.17. The van der Waals surface area contributed by atoms with Crippen molar-refractivity contribution in [2.45, 2.75) is 18.9 Å².